The third-order valence-electron chi connectivity index (χ3n) is 1.94. The average molecular weight is 269 g/mol. The number of hydrogen-bond acceptors (Lipinski definition) is 1. The molecule has 0 bridgehead atoms. The standard InChI is InChI=1S/C9H8BrF3O/c1-8(14,9(11,12)13)6-3-2-4-7(10)5-6/h2-5,14H,1H3. The van der Waals surface area contributed by atoms with E-state index in [9.17, 15) is 18.3 Å². The van der Waals surface area contributed by atoms with E-state index in [1.54, 1.807) is 6.07 Å². The van der Waals surface area contributed by atoms with Gasteiger partial charge in [0.15, 0.2) is 5.60 Å². The van der Waals surface area contributed by atoms with Gasteiger partial charge in [-0.15, -0.1) is 0 Å². The fraction of sp³-hybridized carbons (Fsp3) is 0.333. The van der Waals surface area contributed by atoms with Gasteiger partial charge in [-0.25, -0.2) is 0 Å². The molecule has 0 spiro atoms. The van der Waals surface area contributed by atoms with E-state index in [4.69, 9.17) is 0 Å². The Hall–Kier alpha value is -0.550. The van der Waals surface area contributed by atoms with Crippen molar-refractivity contribution in [1.29, 1.82) is 0 Å². The SMILES string of the molecule is CC(O)(c1cccc(Br)c1)C(F)(F)F. The summed E-state index contributed by atoms with van der Waals surface area (Å²) in [5.74, 6) is 0. The van der Waals surface area contributed by atoms with Crippen LogP contribution in [0.25, 0.3) is 0 Å². The number of halogens is 4. The van der Waals surface area contributed by atoms with Crippen molar-refractivity contribution in [1.82, 2.24) is 0 Å². The van der Waals surface area contributed by atoms with Crippen molar-refractivity contribution in [2.45, 2.75) is 18.7 Å². The van der Waals surface area contributed by atoms with Gasteiger partial charge in [0.25, 0.3) is 0 Å². The van der Waals surface area contributed by atoms with Crippen LogP contribution in [0, 0.1) is 0 Å². The second kappa shape index (κ2) is 3.55. The minimum atomic E-state index is -4.67. The monoisotopic (exact) mass is 268 g/mol. The zero-order valence-electron chi connectivity index (χ0n) is 7.27. The Kier molecular flexibility index (Phi) is 2.92. The molecule has 1 N–H and O–H groups in total. The van der Waals surface area contributed by atoms with Gasteiger partial charge in [0, 0.05) is 4.47 Å². The summed E-state index contributed by atoms with van der Waals surface area (Å²) in [5, 5.41) is 9.30. The van der Waals surface area contributed by atoms with Gasteiger partial charge in [-0.05, 0) is 24.6 Å². The summed E-state index contributed by atoms with van der Waals surface area (Å²) in [7, 11) is 0. The first-order chi connectivity index (χ1) is 6.25. The zero-order valence-corrected chi connectivity index (χ0v) is 8.85. The van der Waals surface area contributed by atoms with Crippen molar-refractivity contribution in [3.63, 3.8) is 0 Å². The highest BCUT2D eigenvalue weighted by molar-refractivity contribution is 9.10. The summed E-state index contributed by atoms with van der Waals surface area (Å²) in [6, 6.07) is 5.52. The van der Waals surface area contributed by atoms with Crippen molar-refractivity contribution in [3.05, 3.63) is 34.3 Å². The fourth-order valence-corrected chi connectivity index (χ4v) is 1.35. The molecule has 1 aromatic carbocycles. The normalized spacial score (nSPS) is 16.4. The maximum Gasteiger partial charge on any atom is 0.421 e. The highest BCUT2D eigenvalue weighted by Gasteiger charge is 2.51. The molecule has 0 heterocycles. The molecule has 0 aliphatic rings. The zero-order chi connectivity index (χ0) is 11.0. The van der Waals surface area contributed by atoms with Crippen LogP contribution in [0.15, 0.2) is 28.7 Å². The van der Waals surface area contributed by atoms with E-state index >= 15 is 0 Å². The van der Waals surface area contributed by atoms with Gasteiger partial charge in [-0.3, -0.25) is 0 Å². The molecule has 1 unspecified atom stereocenters. The molecule has 0 fully saturated rings. The van der Waals surface area contributed by atoms with Crippen LogP contribution in [0.2, 0.25) is 0 Å². The van der Waals surface area contributed by atoms with Crippen LogP contribution in [0.3, 0.4) is 0 Å². The molecule has 14 heavy (non-hydrogen) atoms. The number of rotatable bonds is 1. The molecule has 1 atom stereocenters. The molecular formula is C9H8BrF3O. The summed E-state index contributed by atoms with van der Waals surface area (Å²) >= 11 is 3.04. The molecule has 0 aromatic heterocycles. The Balaban J connectivity index is 3.16. The Labute approximate surface area is 87.7 Å². The summed E-state index contributed by atoms with van der Waals surface area (Å²) in [5.41, 5.74) is -2.99. The van der Waals surface area contributed by atoms with E-state index in [2.05, 4.69) is 15.9 Å². The van der Waals surface area contributed by atoms with Crippen LogP contribution in [0.4, 0.5) is 13.2 Å². The van der Waals surface area contributed by atoms with E-state index in [-0.39, 0.29) is 5.56 Å². The topological polar surface area (TPSA) is 20.2 Å². The number of hydrogen-bond donors (Lipinski definition) is 1. The quantitative estimate of drug-likeness (QED) is 0.829. The maximum atomic E-state index is 12.4. The van der Waals surface area contributed by atoms with E-state index in [0.29, 0.717) is 4.47 Å². The summed E-state index contributed by atoms with van der Waals surface area (Å²) in [6.45, 7) is 0.731. The molecule has 78 valence electrons. The van der Waals surface area contributed by atoms with Gasteiger partial charge in [-0.1, -0.05) is 28.1 Å². The lowest BCUT2D eigenvalue weighted by molar-refractivity contribution is -0.258. The van der Waals surface area contributed by atoms with Gasteiger partial charge in [0.05, 0.1) is 0 Å². The van der Waals surface area contributed by atoms with Crippen molar-refractivity contribution < 1.29 is 18.3 Å². The first-order valence-electron chi connectivity index (χ1n) is 3.80. The molecule has 1 aromatic rings. The molecule has 0 saturated carbocycles. The van der Waals surface area contributed by atoms with Gasteiger partial charge >= 0.3 is 6.18 Å². The summed E-state index contributed by atoms with van der Waals surface area (Å²) in [4.78, 5) is 0. The molecule has 0 aliphatic heterocycles. The Morgan fingerprint density at radius 1 is 1.29 bits per heavy atom. The number of aliphatic hydroxyl groups is 1. The van der Waals surface area contributed by atoms with Crippen LogP contribution in [-0.4, -0.2) is 11.3 Å². The third kappa shape index (κ3) is 2.09. The maximum absolute atomic E-state index is 12.4. The molecule has 0 amide bonds. The minimum absolute atomic E-state index is 0.181. The molecule has 0 saturated heterocycles. The molecule has 5 heteroatoms. The molecule has 0 radical (unpaired) electrons. The van der Waals surface area contributed by atoms with E-state index in [1.165, 1.54) is 18.2 Å². The smallest absolute Gasteiger partial charge is 0.376 e. The van der Waals surface area contributed by atoms with Crippen molar-refractivity contribution in [2.24, 2.45) is 0 Å². The van der Waals surface area contributed by atoms with Gasteiger partial charge in [0.2, 0.25) is 0 Å². The van der Waals surface area contributed by atoms with Crippen LogP contribution in [0.5, 0.6) is 0 Å². The first-order valence-corrected chi connectivity index (χ1v) is 4.59. The molecular weight excluding hydrogens is 261 g/mol. The predicted molar refractivity (Wildman–Crippen MR) is 49.8 cm³/mol. The number of benzene rings is 1. The van der Waals surface area contributed by atoms with Crippen LogP contribution >= 0.6 is 15.9 Å². The lowest BCUT2D eigenvalue weighted by atomic mass is 9.96. The second-order valence-electron chi connectivity index (χ2n) is 3.08. The number of alkyl halides is 3. The minimum Gasteiger partial charge on any atom is -0.376 e. The van der Waals surface area contributed by atoms with Crippen LogP contribution in [-0.2, 0) is 5.60 Å². The van der Waals surface area contributed by atoms with Gasteiger partial charge < -0.3 is 5.11 Å². The second-order valence-corrected chi connectivity index (χ2v) is 4.00. The summed E-state index contributed by atoms with van der Waals surface area (Å²) in [6.07, 6.45) is -4.67. The van der Waals surface area contributed by atoms with Crippen LogP contribution in [0.1, 0.15) is 12.5 Å². The Morgan fingerprint density at radius 3 is 2.29 bits per heavy atom. The van der Waals surface area contributed by atoms with Crippen molar-refractivity contribution >= 4 is 15.9 Å². The van der Waals surface area contributed by atoms with Crippen molar-refractivity contribution in [2.75, 3.05) is 0 Å². The molecule has 1 rings (SSSR count). The lowest BCUT2D eigenvalue weighted by Crippen LogP contribution is -2.39. The predicted octanol–water partition coefficient (Wildman–Crippen LogP) is 3.22. The van der Waals surface area contributed by atoms with E-state index in [0.717, 1.165) is 6.92 Å². The summed E-state index contributed by atoms with van der Waals surface area (Å²) < 4.78 is 37.7. The lowest BCUT2D eigenvalue weighted by Gasteiger charge is -2.26. The van der Waals surface area contributed by atoms with Crippen LogP contribution < -0.4 is 0 Å². The molecule has 1 nitrogen and oxygen atoms in total. The highest BCUT2D eigenvalue weighted by Crippen LogP contribution is 2.38. The molecule has 0 aliphatic carbocycles. The largest absolute Gasteiger partial charge is 0.421 e. The van der Waals surface area contributed by atoms with Crippen molar-refractivity contribution in [3.8, 4) is 0 Å². The fourth-order valence-electron chi connectivity index (χ4n) is 0.955. The first kappa shape index (κ1) is 11.5. The van der Waals surface area contributed by atoms with E-state index < -0.39 is 11.8 Å². The Bertz CT molecular complexity index is 333. The highest BCUT2D eigenvalue weighted by atomic mass is 79.9. The van der Waals surface area contributed by atoms with Gasteiger partial charge in [-0.2, -0.15) is 13.2 Å². The Morgan fingerprint density at radius 2 is 1.86 bits per heavy atom. The third-order valence-corrected chi connectivity index (χ3v) is 2.43. The van der Waals surface area contributed by atoms with E-state index in [1.807, 2.05) is 0 Å². The van der Waals surface area contributed by atoms with Gasteiger partial charge in [0.1, 0.15) is 0 Å². The average Bonchev–Trinajstić information content (AvgIpc) is 2.02.